The van der Waals surface area contributed by atoms with E-state index in [9.17, 15) is 0 Å². The van der Waals surface area contributed by atoms with Crippen LogP contribution in [0.25, 0.3) is 0 Å². The molecule has 1 aromatic rings. The molecule has 0 fully saturated rings. The third-order valence-corrected chi connectivity index (χ3v) is 0.940. The van der Waals surface area contributed by atoms with Gasteiger partial charge in [0.05, 0.1) is 0 Å². The van der Waals surface area contributed by atoms with Crippen molar-refractivity contribution >= 4 is 0 Å². The maximum atomic E-state index is 2.08. The maximum Gasteiger partial charge on any atom is 0 e. The molecule has 0 aromatic heterocycles. The summed E-state index contributed by atoms with van der Waals surface area (Å²) in [6, 6.07) is 10.3. The van der Waals surface area contributed by atoms with Gasteiger partial charge in [-0.05, 0) is 6.92 Å². The first-order valence-corrected chi connectivity index (χ1v) is 2.41. The number of hydrogen-bond donors (Lipinski definition) is 0. The Morgan fingerprint density at radius 3 is 1.75 bits per heavy atom. The molecule has 0 unspecified atom stereocenters. The van der Waals surface area contributed by atoms with Gasteiger partial charge in [0.2, 0.25) is 0 Å². The average Bonchev–Trinajstić information content (AvgIpc) is 1.69. The zero-order chi connectivity index (χ0) is 5.11. The number of benzene rings is 1. The van der Waals surface area contributed by atoms with E-state index >= 15 is 0 Å². The van der Waals surface area contributed by atoms with Crippen LogP contribution in [-0.4, -0.2) is 0 Å². The van der Waals surface area contributed by atoms with Crippen LogP contribution in [0, 0.1) is 6.92 Å². The molecule has 1 rings (SSSR count). The van der Waals surface area contributed by atoms with E-state index in [4.69, 9.17) is 0 Å². The summed E-state index contributed by atoms with van der Waals surface area (Å²) in [6.07, 6.45) is 0. The Morgan fingerprint density at radius 2 is 1.50 bits per heavy atom. The fraction of sp³-hybridized carbons (Fsp3) is 0.143. The smallest absolute Gasteiger partial charge is 0 e. The Balaban J connectivity index is 0.000000490. The van der Waals surface area contributed by atoms with E-state index in [1.165, 1.54) is 5.56 Å². The molecule has 44 valence electrons. The molecule has 0 radical (unpaired) electrons. The van der Waals surface area contributed by atoms with E-state index in [-0.39, 0.29) is 17.1 Å². The van der Waals surface area contributed by atoms with Crippen molar-refractivity contribution in [2.75, 3.05) is 0 Å². The molecule has 0 spiro atoms. The zero-order valence-corrected chi connectivity index (χ0v) is 5.84. The van der Waals surface area contributed by atoms with Crippen LogP contribution < -0.4 is 0 Å². The minimum atomic E-state index is 0. The van der Waals surface area contributed by atoms with Gasteiger partial charge in [-0.25, -0.2) is 0 Å². The largest absolute Gasteiger partial charge is 0.0622 e. The fourth-order valence-electron chi connectivity index (χ4n) is 0.534. The number of aryl methyl sites for hydroxylation is 1. The molecular formula is C7H8Fe. The molecule has 1 aromatic carbocycles. The van der Waals surface area contributed by atoms with Gasteiger partial charge in [-0.3, -0.25) is 0 Å². The second kappa shape index (κ2) is 3.71. The van der Waals surface area contributed by atoms with Crippen molar-refractivity contribution in [1.29, 1.82) is 0 Å². The molecular weight excluding hydrogens is 140 g/mol. The molecule has 0 nitrogen and oxygen atoms in total. The Kier molecular flexibility index (Phi) is 3.59. The van der Waals surface area contributed by atoms with Gasteiger partial charge in [-0.1, -0.05) is 35.9 Å². The molecule has 0 saturated carbocycles. The van der Waals surface area contributed by atoms with Gasteiger partial charge in [-0.15, -0.1) is 0 Å². The number of rotatable bonds is 0. The van der Waals surface area contributed by atoms with Crippen LogP contribution >= 0.6 is 0 Å². The van der Waals surface area contributed by atoms with Crippen LogP contribution in [0.4, 0.5) is 0 Å². The minimum Gasteiger partial charge on any atom is -0.0622 e. The molecule has 0 aliphatic rings. The first-order chi connectivity index (χ1) is 3.39. The summed E-state index contributed by atoms with van der Waals surface area (Å²) < 4.78 is 0. The summed E-state index contributed by atoms with van der Waals surface area (Å²) >= 11 is 0. The molecule has 0 aliphatic carbocycles. The second-order valence-electron chi connectivity index (χ2n) is 1.65. The molecule has 0 atom stereocenters. The van der Waals surface area contributed by atoms with Crippen molar-refractivity contribution in [3.05, 3.63) is 35.9 Å². The minimum absolute atomic E-state index is 0. The maximum absolute atomic E-state index is 2.08. The van der Waals surface area contributed by atoms with E-state index in [0.717, 1.165) is 0 Å². The van der Waals surface area contributed by atoms with E-state index in [2.05, 4.69) is 19.1 Å². The summed E-state index contributed by atoms with van der Waals surface area (Å²) in [4.78, 5) is 0. The van der Waals surface area contributed by atoms with Crippen LogP contribution in [0.5, 0.6) is 0 Å². The van der Waals surface area contributed by atoms with Crippen molar-refractivity contribution in [2.24, 2.45) is 0 Å². The Morgan fingerprint density at radius 1 is 1.00 bits per heavy atom. The molecule has 8 heavy (non-hydrogen) atoms. The van der Waals surface area contributed by atoms with Gasteiger partial charge >= 0.3 is 0 Å². The molecule has 0 N–H and O–H groups in total. The van der Waals surface area contributed by atoms with E-state index < -0.39 is 0 Å². The van der Waals surface area contributed by atoms with Gasteiger partial charge in [-0.2, -0.15) is 0 Å². The molecule has 0 heterocycles. The van der Waals surface area contributed by atoms with Crippen LogP contribution in [-0.2, 0) is 17.1 Å². The molecule has 1 heteroatoms. The first kappa shape index (κ1) is 7.74. The van der Waals surface area contributed by atoms with Crippen LogP contribution in [0.1, 0.15) is 5.56 Å². The monoisotopic (exact) mass is 148 g/mol. The van der Waals surface area contributed by atoms with Crippen molar-refractivity contribution in [3.63, 3.8) is 0 Å². The van der Waals surface area contributed by atoms with Crippen LogP contribution in [0.15, 0.2) is 30.3 Å². The van der Waals surface area contributed by atoms with Gasteiger partial charge in [0.1, 0.15) is 0 Å². The Hall–Kier alpha value is -0.261. The summed E-state index contributed by atoms with van der Waals surface area (Å²) in [5.74, 6) is 0. The van der Waals surface area contributed by atoms with Crippen molar-refractivity contribution < 1.29 is 17.1 Å². The Bertz CT molecular complexity index is 134. The topological polar surface area (TPSA) is 0 Å². The summed E-state index contributed by atoms with van der Waals surface area (Å²) in [7, 11) is 0. The molecule has 0 amide bonds. The summed E-state index contributed by atoms with van der Waals surface area (Å²) in [5, 5.41) is 0. The quantitative estimate of drug-likeness (QED) is 0.493. The third kappa shape index (κ3) is 2.15. The molecule has 0 saturated heterocycles. The van der Waals surface area contributed by atoms with Crippen LogP contribution in [0.2, 0.25) is 0 Å². The zero-order valence-electron chi connectivity index (χ0n) is 4.74. The van der Waals surface area contributed by atoms with Crippen LogP contribution in [0.3, 0.4) is 0 Å². The van der Waals surface area contributed by atoms with Gasteiger partial charge in [0, 0.05) is 17.1 Å². The molecule has 0 bridgehead atoms. The summed E-state index contributed by atoms with van der Waals surface area (Å²) in [5.41, 5.74) is 1.32. The van der Waals surface area contributed by atoms with E-state index in [0.29, 0.717) is 0 Å². The SMILES string of the molecule is Cc1ccccc1.[Fe]. The standard InChI is InChI=1S/C7H8.Fe/c1-7-5-3-2-4-6-7;/h2-6H,1H3;. The Labute approximate surface area is 60.4 Å². The van der Waals surface area contributed by atoms with Crippen molar-refractivity contribution in [2.45, 2.75) is 6.92 Å². The average molecular weight is 148 g/mol. The van der Waals surface area contributed by atoms with Crippen molar-refractivity contribution in [1.82, 2.24) is 0 Å². The molecule has 0 aliphatic heterocycles. The predicted octanol–water partition coefficient (Wildman–Crippen LogP) is 1.99. The third-order valence-electron chi connectivity index (χ3n) is 0.940. The van der Waals surface area contributed by atoms with Gasteiger partial charge < -0.3 is 0 Å². The number of hydrogen-bond acceptors (Lipinski definition) is 0. The second-order valence-corrected chi connectivity index (χ2v) is 1.65. The van der Waals surface area contributed by atoms with E-state index in [1.54, 1.807) is 0 Å². The van der Waals surface area contributed by atoms with E-state index in [1.807, 2.05) is 18.2 Å². The normalized spacial score (nSPS) is 7.62. The van der Waals surface area contributed by atoms with Gasteiger partial charge in [0.15, 0.2) is 0 Å². The fourth-order valence-corrected chi connectivity index (χ4v) is 0.534. The summed E-state index contributed by atoms with van der Waals surface area (Å²) in [6.45, 7) is 2.08. The van der Waals surface area contributed by atoms with Gasteiger partial charge in [0.25, 0.3) is 0 Å². The predicted molar refractivity (Wildman–Crippen MR) is 31.2 cm³/mol. The van der Waals surface area contributed by atoms with Crippen molar-refractivity contribution in [3.8, 4) is 0 Å². The first-order valence-electron chi connectivity index (χ1n) is 2.41.